The fourth-order valence-electron chi connectivity index (χ4n) is 2.16. The number of likely N-dealkylation sites (N-methyl/N-ethyl adjacent to an activating group) is 1. The van der Waals surface area contributed by atoms with Crippen LogP contribution in [0.15, 0.2) is 4.99 Å². The molecule has 128 valence electrons. The van der Waals surface area contributed by atoms with Crippen LogP contribution in [0.4, 0.5) is 0 Å². The maximum absolute atomic E-state index is 11.7. The first-order chi connectivity index (χ1) is 10.5. The third-order valence-corrected chi connectivity index (χ3v) is 3.70. The van der Waals surface area contributed by atoms with Crippen molar-refractivity contribution >= 4 is 11.9 Å². The van der Waals surface area contributed by atoms with E-state index in [0.717, 1.165) is 45.1 Å². The van der Waals surface area contributed by atoms with Gasteiger partial charge < -0.3 is 20.3 Å². The largest absolute Gasteiger partial charge is 0.381 e. The van der Waals surface area contributed by atoms with E-state index in [9.17, 15) is 4.79 Å². The number of amides is 1. The van der Waals surface area contributed by atoms with E-state index in [2.05, 4.69) is 29.5 Å². The summed E-state index contributed by atoms with van der Waals surface area (Å²) in [6.45, 7) is 8.00. The number of carbonyl (C=O) groups is 1. The summed E-state index contributed by atoms with van der Waals surface area (Å²) in [5, 5.41) is 6.65. The van der Waals surface area contributed by atoms with Crippen LogP contribution in [0.25, 0.3) is 0 Å². The van der Waals surface area contributed by atoms with E-state index in [4.69, 9.17) is 4.74 Å². The van der Waals surface area contributed by atoms with Crippen LogP contribution in [-0.4, -0.2) is 63.7 Å². The molecule has 1 heterocycles. The van der Waals surface area contributed by atoms with Gasteiger partial charge in [-0.3, -0.25) is 4.79 Å². The zero-order chi connectivity index (χ0) is 16.4. The highest BCUT2D eigenvalue weighted by molar-refractivity contribution is 5.84. The Morgan fingerprint density at radius 3 is 2.73 bits per heavy atom. The molecule has 6 heteroatoms. The molecule has 0 saturated carbocycles. The van der Waals surface area contributed by atoms with Crippen molar-refractivity contribution in [3.05, 3.63) is 0 Å². The summed E-state index contributed by atoms with van der Waals surface area (Å²) < 4.78 is 5.38. The summed E-state index contributed by atoms with van der Waals surface area (Å²) >= 11 is 0. The number of carbonyl (C=O) groups excluding carboxylic acids is 1. The molecule has 1 atom stereocenters. The van der Waals surface area contributed by atoms with Gasteiger partial charge in [0.1, 0.15) is 6.54 Å². The van der Waals surface area contributed by atoms with E-state index in [1.54, 1.807) is 19.0 Å². The molecule has 1 amide bonds. The quantitative estimate of drug-likeness (QED) is 0.400. The summed E-state index contributed by atoms with van der Waals surface area (Å²) in [7, 11) is 3.49. The van der Waals surface area contributed by atoms with Crippen LogP contribution in [-0.2, 0) is 9.53 Å². The zero-order valence-electron chi connectivity index (χ0n) is 14.5. The standard InChI is InChI=1S/C16H32N4O2/c1-13(2)6-5-8-17-16(19-11-15(21)20(3)4)18-10-14-7-9-22-12-14/h13-14H,5-12H2,1-4H3,(H2,17,18,19). The van der Waals surface area contributed by atoms with Crippen LogP contribution in [0.1, 0.15) is 33.1 Å². The number of nitrogens with one attached hydrogen (secondary N) is 2. The van der Waals surface area contributed by atoms with Gasteiger partial charge in [0.15, 0.2) is 5.96 Å². The Kier molecular flexibility index (Phi) is 8.89. The third kappa shape index (κ3) is 8.22. The minimum atomic E-state index is 0.00693. The first-order valence-electron chi connectivity index (χ1n) is 8.29. The van der Waals surface area contributed by atoms with Crippen molar-refractivity contribution in [1.82, 2.24) is 15.5 Å². The van der Waals surface area contributed by atoms with Gasteiger partial charge in [0.2, 0.25) is 5.91 Å². The molecule has 0 aromatic heterocycles. The summed E-state index contributed by atoms with van der Waals surface area (Å²) in [4.78, 5) is 17.6. The lowest BCUT2D eigenvalue weighted by molar-refractivity contribution is -0.127. The van der Waals surface area contributed by atoms with E-state index >= 15 is 0 Å². The van der Waals surface area contributed by atoms with Gasteiger partial charge in [0.05, 0.1) is 6.61 Å². The maximum Gasteiger partial charge on any atom is 0.243 e. The van der Waals surface area contributed by atoms with Gasteiger partial charge in [-0.2, -0.15) is 0 Å². The van der Waals surface area contributed by atoms with Gasteiger partial charge >= 0.3 is 0 Å². The predicted molar refractivity (Wildman–Crippen MR) is 90.0 cm³/mol. The van der Waals surface area contributed by atoms with Crippen molar-refractivity contribution in [2.75, 3.05) is 46.9 Å². The van der Waals surface area contributed by atoms with E-state index < -0.39 is 0 Å². The van der Waals surface area contributed by atoms with Crippen molar-refractivity contribution in [2.45, 2.75) is 33.1 Å². The average Bonchev–Trinajstić information content (AvgIpc) is 2.97. The van der Waals surface area contributed by atoms with E-state index in [1.165, 1.54) is 6.42 Å². The topological polar surface area (TPSA) is 66.0 Å². The number of hydrogen-bond acceptors (Lipinski definition) is 3. The molecular weight excluding hydrogens is 280 g/mol. The van der Waals surface area contributed by atoms with E-state index in [1.807, 2.05) is 0 Å². The van der Waals surface area contributed by atoms with Crippen LogP contribution in [0, 0.1) is 11.8 Å². The predicted octanol–water partition coefficient (Wildman–Crippen LogP) is 1.08. The van der Waals surface area contributed by atoms with Crippen LogP contribution in [0.2, 0.25) is 0 Å². The van der Waals surface area contributed by atoms with Gasteiger partial charge in [-0.05, 0) is 25.2 Å². The van der Waals surface area contributed by atoms with Gasteiger partial charge in [0.25, 0.3) is 0 Å². The Labute approximate surface area is 134 Å². The lowest BCUT2D eigenvalue weighted by Gasteiger charge is -2.16. The molecule has 22 heavy (non-hydrogen) atoms. The summed E-state index contributed by atoms with van der Waals surface area (Å²) in [6, 6.07) is 0. The Morgan fingerprint density at radius 2 is 2.14 bits per heavy atom. The number of nitrogens with zero attached hydrogens (tertiary/aromatic N) is 2. The molecule has 0 radical (unpaired) electrons. The zero-order valence-corrected chi connectivity index (χ0v) is 14.5. The second kappa shape index (κ2) is 10.4. The Balaban J connectivity index is 2.40. The Bertz CT molecular complexity index is 350. The van der Waals surface area contributed by atoms with E-state index in [-0.39, 0.29) is 12.5 Å². The first kappa shape index (κ1) is 18.7. The number of guanidine groups is 1. The SMILES string of the molecule is CC(C)CCCNC(=NCC(=O)N(C)C)NCC1CCOC1. The molecular formula is C16H32N4O2. The summed E-state index contributed by atoms with van der Waals surface area (Å²) in [6.07, 6.45) is 3.38. The molecule has 1 aliphatic rings. The van der Waals surface area contributed by atoms with E-state index in [0.29, 0.717) is 11.8 Å². The Morgan fingerprint density at radius 1 is 1.36 bits per heavy atom. The molecule has 1 fully saturated rings. The highest BCUT2D eigenvalue weighted by atomic mass is 16.5. The summed E-state index contributed by atoms with van der Waals surface area (Å²) in [5.41, 5.74) is 0. The normalized spacial score (nSPS) is 18.6. The van der Waals surface area contributed by atoms with Crippen LogP contribution in [0.3, 0.4) is 0 Å². The van der Waals surface area contributed by atoms with Crippen molar-refractivity contribution in [3.63, 3.8) is 0 Å². The molecule has 0 aromatic carbocycles. The van der Waals surface area contributed by atoms with Crippen molar-refractivity contribution in [1.29, 1.82) is 0 Å². The second-order valence-electron chi connectivity index (χ2n) is 6.53. The molecule has 0 aliphatic carbocycles. The fourth-order valence-corrected chi connectivity index (χ4v) is 2.16. The highest BCUT2D eigenvalue weighted by Crippen LogP contribution is 2.10. The molecule has 0 aromatic rings. The van der Waals surface area contributed by atoms with Crippen LogP contribution < -0.4 is 10.6 Å². The molecule has 2 N–H and O–H groups in total. The molecule has 1 saturated heterocycles. The van der Waals surface area contributed by atoms with Crippen LogP contribution >= 0.6 is 0 Å². The second-order valence-corrected chi connectivity index (χ2v) is 6.53. The Hall–Kier alpha value is -1.30. The smallest absolute Gasteiger partial charge is 0.243 e. The summed E-state index contributed by atoms with van der Waals surface area (Å²) in [5.74, 6) is 1.98. The number of ether oxygens (including phenoxy) is 1. The van der Waals surface area contributed by atoms with Gasteiger partial charge in [0, 0.05) is 39.7 Å². The lowest BCUT2D eigenvalue weighted by Crippen LogP contribution is -2.41. The maximum atomic E-state index is 11.7. The minimum absolute atomic E-state index is 0.00693. The van der Waals surface area contributed by atoms with Gasteiger partial charge in [-0.15, -0.1) is 0 Å². The van der Waals surface area contributed by atoms with Crippen molar-refractivity contribution in [3.8, 4) is 0 Å². The molecule has 1 aliphatic heterocycles. The van der Waals surface area contributed by atoms with Crippen molar-refractivity contribution < 1.29 is 9.53 Å². The number of hydrogen-bond donors (Lipinski definition) is 2. The fraction of sp³-hybridized carbons (Fsp3) is 0.875. The third-order valence-electron chi connectivity index (χ3n) is 3.70. The number of rotatable bonds is 8. The van der Waals surface area contributed by atoms with Crippen LogP contribution in [0.5, 0.6) is 0 Å². The van der Waals surface area contributed by atoms with Gasteiger partial charge in [-0.1, -0.05) is 13.8 Å². The van der Waals surface area contributed by atoms with Crippen molar-refractivity contribution in [2.24, 2.45) is 16.8 Å². The molecule has 1 unspecified atom stereocenters. The monoisotopic (exact) mass is 312 g/mol. The molecule has 1 rings (SSSR count). The number of aliphatic imine (C=N–C) groups is 1. The molecule has 6 nitrogen and oxygen atoms in total. The lowest BCUT2D eigenvalue weighted by atomic mass is 10.1. The highest BCUT2D eigenvalue weighted by Gasteiger charge is 2.15. The molecule has 0 spiro atoms. The van der Waals surface area contributed by atoms with Gasteiger partial charge in [-0.25, -0.2) is 4.99 Å². The minimum Gasteiger partial charge on any atom is -0.381 e. The average molecular weight is 312 g/mol. The molecule has 0 bridgehead atoms. The first-order valence-corrected chi connectivity index (χ1v) is 8.29.